The van der Waals surface area contributed by atoms with Gasteiger partial charge in [-0.1, -0.05) is 0 Å². The van der Waals surface area contributed by atoms with Gasteiger partial charge in [0.05, 0.1) is 12.7 Å². The van der Waals surface area contributed by atoms with E-state index in [0.29, 0.717) is 6.42 Å². The first-order valence-electron chi connectivity index (χ1n) is 4.07. The predicted molar refractivity (Wildman–Crippen MR) is 41.6 cm³/mol. The molecule has 1 saturated heterocycles. The zero-order valence-electron chi connectivity index (χ0n) is 7.32. The number of hydrogen-bond acceptors (Lipinski definition) is 4. The van der Waals surface area contributed by atoms with Gasteiger partial charge in [-0.2, -0.15) is 0 Å². The summed E-state index contributed by atoms with van der Waals surface area (Å²) in [7, 11) is 0. The average molecular weight is 174 g/mol. The third kappa shape index (κ3) is 2.79. The summed E-state index contributed by atoms with van der Waals surface area (Å²) in [5, 5.41) is 8.64. The normalized spacial score (nSPS) is 29.6. The average Bonchev–Trinajstić information content (AvgIpc) is 2.65. The van der Waals surface area contributed by atoms with Gasteiger partial charge in [-0.15, -0.1) is 0 Å². The molecule has 4 heteroatoms. The van der Waals surface area contributed by atoms with E-state index in [0.717, 1.165) is 0 Å². The molecule has 1 heterocycles. The molecule has 70 valence electrons. The van der Waals surface area contributed by atoms with E-state index in [9.17, 15) is 4.79 Å². The van der Waals surface area contributed by atoms with Gasteiger partial charge in [0.2, 0.25) is 0 Å². The Bertz CT molecular complexity index is 168. The lowest BCUT2D eigenvalue weighted by Crippen LogP contribution is -2.15. The van der Waals surface area contributed by atoms with Crippen molar-refractivity contribution >= 4 is 5.97 Å². The molecule has 3 atom stereocenters. The van der Waals surface area contributed by atoms with Crippen molar-refractivity contribution in [2.24, 2.45) is 0 Å². The van der Waals surface area contributed by atoms with Crippen LogP contribution in [0, 0.1) is 0 Å². The van der Waals surface area contributed by atoms with Crippen molar-refractivity contribution < 1.29 is 19.4 Å². The molecule has 12 heavy (non-hydrogen) atoms. The highest BCUT2D eigenvalue weighted by Gasteiger charge is 2.39. The highest BCUT2D eigenvalue weighted by Crippen LogP contribution is 2.26. The first-order valence-corrected chi connectivity index (χ1v) is 4.07. The number of ether oxygens (including phenoxy) is 2. The standard InChI is InChI=1S/C8H14O4/c1-5(11-6(2)10)3-7-8(4-9)12-7/h5,7-9H,3-4H2,1-2H3/t5-,7-,8+/m1/s1. The van der Waals surface area contributed by atoms with Gasteiger partial charge in [0.15, 0.2) is 0 Å². The summed E-state index contributed by atoms with van der Waals surface area (Å²) in [6.07, 6.45) is 0.585. The second-order valence-corrected chi connectivity index (χ2v) is 3.05. The molecule has 0 amide bonds. The molecule has 1 aliphatic rings. The van der Waals surface area contributed by atoms with Crippen LogP contribution in [0.4, 0.5) is 0 Å². The summed E-state index contributed by atoms with van der Waals surface area (Å²) in [6.45, 7) is 3.25. The predicted octanol–water partition coefficient (Wildman–Crippen LogP) is 0.0878. The first-order chi connectivity index (χ1) is 5.63. The topological polar surface area (TPSA) is 59.1 Å². The minimum absolute atomic E-state index is 0.0389. The van der Waals surface area contributed by atoms with Crippen molar-refractivity contribution in [3.05, 3.63) is 0 Å². The largest absolute Gasteiger partial charge is 0.463 e. The maximum atomic E-state index is 10.5. The molecule has 0 spiro atoms. The lowest BCUT2D eigenvalue weighted by atomic mass is 10.2. The Balaban J connectivity index is 2.11. The molecule has 4 nitrogen and oxygen atoms in total. The number of rotatable bonds is 4. The lowest BCUT2D eigenvalue weighted by Gasteiger charge is -2.09. The van der Waals surface area contributed by atoms with Crippen LogP contribution in [0.25, 0.3) is 0 Å². The molecule has 0 aromatic heterocycles. The summed E-state index contributed by atoms with van der Waals surface area (Å²) in [5.74, 6) is -0.274. The Morgan fingerprint density at radius 3 is 2.75 bits per heavy atom. The smallest absolute Gasteiger partial charge is 0.302 e. The van der Waals surface area contributed by atoms with Gasteiger partial charge < -0.3 is 14.6 Å². The van der Waals surface area contributed by atoms with Gasteiger partial charge in [0, 0.05) is 13.3 Å². The maximum Gasteiger partial charge on any atom is 0.302 e. The van der Waals surface area contributed by atoms with Crippen molar-refractivity contribution in [2.45, 2.75) is 38.6 Å². The Morgan fingerprint density at radius 2 is 2.33 bits per heavy atom. The fourth-order valence-corrected chi connectivity index (χ4v) is 1.21. The molecule has 0 saturated carbocycles. The number of aliphatic hydroxyl groups excluding tert-OH is 1. The van der Waals surface area contributed by atoms with Crippen molar-refractivity contribution in [3.63, 3.8) is 0 Å². The third-order valence-corrected chi connectivity index (χ3v) is 1.80. The van der Waals surface area contributed by atoms with Gasteiger partial charge in [-0.05, 0) is 6.92 Å². The fraction of sp³-hybridized carbons (Fsp3) is 0.875. The van der Waals surface area contributed by atoms with Crippen LogP contribution in [0.2, 0.25) is 0 Å². The second kappa shape index (κ2) is 3.87. The highest BCUT2D eigenvalue weighted by atomic mass is 16.6. The minimum atomic E-state index is -0.274. The molecular formula is C8H14O4. The molecule has 1 rings (SSSR count). The molecule has 1 N–H and O–H groups in total. The quantitative estimate of drug-likeness (QED) is 0.484. The molecule has 0 bridgehead atoms. The SMILES string of the molecule is CC(=O)O[C@H](C)C[C@H]1O[C@H]1CO. The lowest BCUT2D eigenvalue weighted by molar-refractivity contribution is -0.145. The Kier molecular flexibility index (Phi) is 3.05. The van der Waals surface area contributed by atoms with E-state index in [4.69, 9.17) is 14.6 Å². The van der Waals surface area contributed by atoms with E-state index in [1.165, 1.54) is 6.92 Å². The summed E-state index contributed by atoms with van der Waals surface area (Å²) in [5.41, 5.74) is 0. The van der Waals surface area contributed by atoms with Crippen LogP contribution in [0.3, 0.4) is 0 Å². The Morgan fingerprint density at radius 1 is 1.67 bits per heavy atom. The number of carbonyl (C=O) groups is 1. The summed E-state index contributed by atoms with van der Waals surface area (Å²) in [4.78, 5) is 10.5. The molecule has 0 aromatic rings. The van der Waals surface area contributed by atoms with Crippen LogP contribution in [0.5, 0.6) is 0 Å². The van der Waals surface area contributed by atoms with Crippen molar-refractivity contribution in [1.82, 2.24) is 0 Å². The number of esters is 1. The molecule has 0 aromatic carbocycles. The zero-order valence-corrected chi connectivity index (χ0v) is 7.32. The van der Waals surface area contributed by atoms with E-state index in [-0.39, 0.29) is 30.9 Å². The van der Waals surface area contributed by atoms with Gasteiger partial charge >= 0.3 is 5.97 Å². The Hall–Kier alpha value is -0.610. The number of epoxide rings is 1. The van der Waals surface area contributed by atoms with Crippen LogP contribution in [-0.2, 0) is 14.3 Å². The monoisotopic (exact) mass is 174 g/mol. The van der Waals surface area contributed by atoms with Crippen molar-refractivity contribution in [3.8, 4) is 0 Å². The minimum Gasteiger partial charge on any atom is -0.463 e. The van der Waals surface area contributed by atoms with Gasteiger partial charge in [-0.25, -0.2) is 0 Å². The van der Waals surface area contributed by atoms with Crippen molar-refractivity contribution in [2.75, 3.05) is 6.61 Å². The van der Waals surface area contributed by atoms with Crippen molar-refractivity contribution in [1.29, 1.82) is 0 Å². The van der Waals surface area contributed by atoms with E-state index in [2.05, 4.69) is 0 Å². The molecule has 0 radical (unpaired) electrons. The summed E-state index contributed by atoms with van der Waals surface area (Å²) >= 11 is 0. The Labute approximate surface area is 71.5 Å². The van der Waals surface area contributed by atoms with Gasteiger partial charge in [-0.3, -0.25) is 4.79 Å². The number of hydrogen-bond donors (Lipinski definition) is 1. The second-order valence-electron chi connectivity index (χ2n) is 3.05. The van der Waals surface area contributed by atoms with E-state index in [1.807, 2.05) is 6.92 Å². The molecule has 1 fully saturated rings. The third-order valence-electron chi connectivity index (χ3n) is 1.80. The van der Waals surface area contributed by atoms with Gasteiger partial charge in [0.25, 0.3) is 0 Å². The summed E-state index contributed by atoms with van der Waals surface area (Å²) < 4.78 is 9.97. The zero-order chi connectivity index (χ0) is 9.14. The molecule has 0 aliphatic carbocycles. The highest BCUT2D eigenvalue weighted by molar-refractivity contribution is 5.66. The van der Waals surface area contributed by atoms with E-state index in [1.54, 1.807) is 0 Å². The maximum absolute atomic E-state index is 10.5. The van der Waals surface area contributed by atoms with Crippen LogP contribution in [0.1, 0.15) is 20.3 Å². The summed E-state index contributed by atoms with van der Waals surface area (Å²) in [6, 6.07) is 0. The number of carbonyl (C=O) groups excluding carboxylic acids is 1. The molecule has 0 unspecified atom stereocenters. The van der Waals surface area contributed by atoms with Gasteiger partial charge in [0.1, 0.15) is 12.2 Å². The van der Waals surface area contributed by atoms with Crippen LogP contribution in [-0.4, -0.2) is 36.0 Å². The molecular weight excluding hydrogens is 160 g/mol. The van der Waals surface area contributed by atoms with Crippen LogP contribution < -0.4 is 0 Å². The molecule has 1 aliphatic heterocycles. The van der Waals surface area contributed by atoms with Crippen LogP contribution >= 0.6 is 0 Å². The first kappa shape index (κ1) is 9.48. The number of aliphatic hydroxyl groups is 1. The van der Waals surface area contributed by atoms with E-state index >= 15 is 0 Å². The van der Waals surface area contributed by atoms with Crippen LogP contribution in [0.15, 0.2) is 0 Å². The fourth-order valence-electron chi connectivity index (χ4n) is 1.21. The van der Waals surface area contributed by atoms with E-state index < -0.39 is 0 Å².